The first-order valence-electron chi connectivity index (χ1n) is 7.34. The Morgan fingerprint density at radius 3 is 2.91 bits per heavy atom. The molecule has 2 aromatic rings. The summed E-state index contributed by atoms with van der Waals surface area (Å²) in [6.45, 7) is 4.27. The summed E-state index contributed by atoms with van der Waals surface area (Å²) >= 11 is 0. The Bertz CT molecular complexity index is 766. The Kier molecular flexibility index (Phi) is 4.01. The molecule has 7 heteroatoms. The molecule has 1 aliphatic heterocycles. The third-order valence-electron chi connectivity index (χ3n) is 3.71. The number of nitrogens with zero attached hydrogens (tertiary/aromatic N) is 3. The number of allylic oxidation sites excluding steroid dienone is 1. The number of aromatic nitrogens is 3. The number of fused-ring (bicyclic) bond motifs is 1. The third kappa shape index (κ3) is 2.54. The largest absolute Gasteiger partial charge is 0.494 e. The molecule has 0 saturated heterocycles. The lowest BCUT2D eigenvalue weighted by Gasteiger charge is -2.28. The highest BCUT2D eigenvalue weighted by atomic mass is 16.5. The molecule has 0 saturated carbocycles. The van der Waals surface area contributed by atoms with Gasteiger partial charge in [-0.2, -0.15) is 10.1 Å². The van der Waals surface area contributed by atoms with Crippen molar-refractivity contribution in [2.75, 3.05) is 19.0 Å². The van der Waals surface area contributed by atoms with Gasteiger partial charge >= 0.3 is 5.97 Å². The van der Waals surface area contributed by atoms with Crippen molar-refractivity contribution in [3.05, 3.63) is 47.4 Å². The van der Waals surface area contributed by atoms with E-state index >= 15 is 0 Å². The molecule has 2 heterocycles. The van der Waals surface area contributed by atoms with Gasteiger partial charge in [-0.05, 0) is 19.9 Å². The summed E-state index contributed by atoms with van der Waals surface area (Å²) in [6.07, 6.45) is 1.45. The second-order valence-corrected chi connectivity index (χ2v) is 5.06. The van der Waals surface area contributed by atoms with Crippen LogP contribution in [0.15, 0.2) is 41.9 Å². The number of anilines is 1. The normalized spacial score (nSPS) is 16.6. The maximum Gasteiger partial charge on any atom is 0.338 e. The van der Waals surface area contributed by atoms with E-state index in [0.717, 1.165) is 5.56 Å². The highest BCUT2D eigenvalue weighted by molar-refractivity contribution is 5.92. The molecular formula is C16H18N4O3. The van der Waals surface area contributed by atoms with Crippen LogP contribution in [0.5, 0.6) is 5.75 Å². The van der Waals surface area contributed by atoms with Crippen LogP contribution in [0.4, 0.5) is 5.95 Å². The van der Waals surface area contributed by atoms with Crippen molar-refractivity contribution in [3.63, 3.8) is 0 Å². The number of rotatable bonds is 4. The molecule has 23 heavy (non-hydrogen) atoms. The summed E-state index contributed by atoms with van der Waals surface area (Å²) in [6, 6.07) is 7.14. The number of esters is 1. The molecule has 0 unspecified atom stereocenters. The van der Waals surface area contributed by atoms with Crippen molar-refractivity contribution in [1.29, 1.82) is 0 Å². The molecule has 0 spiro atoms. The third-order valence-corrected chi connectivity index (χ3v) is 3.71. The van der Waals surface area contributed by atoms with E-state index in [0.29, 0.717) is 29.6 Å². The van der Waals surface area contributed by atoms with Crippen LogP contribution in [0, 0.1) is 0 Å². The zero-order chi connectivity index (χ0) is 16.4. The Morgan fingerprint density at radius 2 is 2.17 bits per heavy atom. The van der Waals surface area contributed by atoms with Crippen molar-refractivity contribution < 1.29 is 14.3 Å². The number of hydrogen-bond acceptors (Lipinski definition) is 6. The van der Waals surface area contributed by atoms with Crippen molar-refractivity contribution >= 4 is 11.9 Å². The van der Waals surface area contributed by atoms with Crippen LogP contribution >= 0.6 is 0 Å². The van der Waals surface area contributed by atoms with Gasteiger partial charge in [0.15, 0.2) is 0 Å². The minimum Gasteiger partial charge on any atom is -0.494 e. The van der Waals surface area contributed by atoms with Crippen LogP contribution in [0.25, 0.3) is 0 Å². The summed E-state index contributed by atoms with van der Waals surface area (Å²) in [5.41, 5.74) is 2.01. The van der Waals surface area contributed by atoms with Gasteiger partial charge < -0.3 is 14.8 Å². The summed E-state index contributed by atoms with van der Waals surface area (Å²) in [7, 11) is 1.37. The van der Waals surface area contributed by atoms with Gasteiger partial charge in [0.1, 0.15) is 18.1 Å². The number of benzene rings is 1. The number of methoxy groups -OCH3 is 1. The van der Waals surface area contributed by atoms with Crippen LogP contribution in [0.2, 0.25) is 0 Å². The van der Waals surface area contributed by atoms with Gasteiger partial charge in [-0.3, -0.25) is 0 Å². The maximum absolute atomic E-state index is 12.3. The minimum absolute atomic E-state index is 0.410. The molecule has 1 aromatic carbocycles. The molecule has 0 fully saturated rings. The fourth-order valence-corrected chi connectivity index (χ4v) is 2.75. The molecule has 1 aliphatic rings. The zero-order valence-electron chi connectivity index (χ0n) is 13.2. The first kappa shape index (κ1) is 15.1. The first-order valence-corrected chi connectivity index (χ1v) is 7.34. The predicted molar refractivity (Wildman–Crippen MR) is 84.1 cm³/mol. The van der Waals surface area contributed by atoms with Crippen LogP contribution < -0.4 is 10.1 Å². The quantitative estimate of drug-likeness (QED) is 0.871. The predicted octanol–water partition coefficient (Wildman–Crippen LogP) is 2.14. The van der Waals surface area contributed by atoms with Crippen LogP contribution in [-0.4, -0.2) is 34.5 Å². The molecule has 3 rings (SSSR count). The molecule has 7 nitrogen and oxygen atoms in total. The lowest BCUT2D eigenvalue weighted by Crippen LogP contribution is -2.29. The molecule has 0 aliphatic carbocycles. The molecule has 120 valence electrons. The molecular weight excluding hydrogens is 296 g/mol. The molecule has 0 radical (unpaired) electrons. The van der Waals surface area contributed by atoms with Crippen molar-refractivity contribution in [2.45, 2.75) is 19.9 Å². The smallest absolute Gasteiger partial charge is 0.338 e. The summed E-state index contributed by atoms with van der Waals surface area (Å²) < 4.78 is 12.4. The van der Waals surface area contributed by atoms with E-state index in [9.17, 15) is 4.79 Å². The first-order chi connectivity index (χ1) is 11.2. The summed E-state index contributed by atoms with van der Waals surface area (Å²) in [4.78, 5) is 16.5. The summed E-state index contributed by atoms with van der Waals surface area (Å²) in [5, 5.41) is 7.35. The Morgan fingerprint density at radius 1 is 1.39 bits per heavy atom. The van der Waals surface area contributed by atoms with Gasteiger partial charge in [0.05, 0.1) is 19.3 Å². The molecule has 1 atom stereocenters. The zero-order valence-corrected chi connectivity index (χ0v) is 13.2. The number of ether oxygens (including phenoxy) is 2. The number of hydrogen-bond donors (Lipinski definition) is 1. The Balaban J connectivity index is 2.20. The molecule has 1 N–H and O–H groups in total. The average Bonchev–Trinajstić information content (AvgIpc) is 3.01. The second-order valence-electron chi connectivity index (χ2n) is 5.06. The van der Waals surface area contributed by atoms with Gasteiger partial charge in [0, 0.05) is 11.3 Å². The maximum atomic E-state index is 12.3. The SMILES string of the molecule is CCOc1ccccc1[C@@H]1C(C(=O)OC)=C(C)Nc2ncnn21. The number of nitrogens with one attached hydrogen (secondary N) is 1. The van der Waals surface area contributed by atoms with Crippen LogP contribution in [-0.2, 0) is 9.53 Å². The van der Waals surface area contributed by atoms with Gasteiger partial charge in [0.25, 0.3) is 0 Å². The lowest BCUT2D eigenvalue weighted by atomic mass is 9.95. The lowest BCUT2D eigenvalue weighted by molar-refractivity contribution is -0.136. The van der Waals surface area contributed by atoms with E-state index in [-0.39, 0.29) is 0 Å². The summed E-state index contributed by atoms with van der Waals surface area (Å²) in [5.74, 6) is 0.872. The highest BCUT2D eigenvalue weighted by Crippen LogP contribution is 2.38. The second kappa shape index (κ2) is 6.12. The monoisotopic (exact) mass is 314 g/mol. The van der Waals surface area contributed by atoms with E-state index in [1.807, 2.05) is 38.1 Å². The van der Waals surface area contributed by atoms with Gasteiger partial charge in [-0.15, -0.1) is 0 Å². The molecule has 0 amide bonds. The van der Waals surface area contributed by atoms with E-state index in [4.69, 9.17) is 9.47 Å². The van der Waals surface area contributed by atoms with E-state index in [1.165, 1.54) is 13.4 Å². The van der Waals surface area contributed by atoms with Crippen molar-refractivity contribution in [3.8, 4) is 5.75 Å². The van der Waals surface area contributed by atoms with Gasteiger partial charge in [-0.25, -0.2) is 9.48 Å². The highest BCUT2D eigenvalue weighted by Gasteiger charge is 2.35. The molecule has 0 bridgehead atoms. The average molecular weight is 314 g/mol. The van der Waals surface area contributed by atoms with E-state index < -0.39 is 12.0 Å². The fraction of sp³-hybridized carbons (Fsp3) is 0.312. The number of carbonyl (C=O) groups is 1. The van der Waals surface area contributed by atoms with Crippen molar-refractivity contribution in [2.24, 2.45) is 0 Å². The standard InChI is InChI=1S/C16H18N4O3/c1-4-23-12-8-6-5-7-11(12)14-13(15(21)22-3)10(2)19-16-17-9-18-20(14)16/h5-9,14H,4H2,1-3H3,(H,17,18,19)/t14-/m1/s1. The van der Waals surface area contributed by atoms with E-state index in [1.54, 1.807) is 4.68 Å². The minimum atomic E-state index is -0.455. The Hall–Kier alpha value is -2.83. The topological polar surface area (TPSA) is 78.3 Å². The van der Waals surface area contributed by atoms with Gasteiger partial charge in [-0.1, -0.05) is 18.2 Å². The van der Waals surface area contributed by atoms with Crippen molar-refractivity contribution in [1.82, 2.24) is 14.8 Å². The number of carbonyl (C=O) groups excluding carboxylic acids is 1. The van der Waals surface area contributed by atoms with Gasteiger partial charge in [0.2, 0.25) is 5.95 Å². The Labute approximate surface area is 133 Å². The fourth-order valence-electron chi connectivity index (χ4n) is 2.75. The number of para-hydroxylation sites is 1. The molecule has 1 aromatic heterocycles. The van der Waals surface area contributed by atoms with Crippen LogP contribution in [0.3, 0.4) is 0 Å². The van der Waals surface area contributed by atoms with E-state index in [2.05, 4.69) is 15.4 Å². The van der Waals surface area contributed by atoms with Crippen LogP contribution in [0.1, 0.15) is 25.5 Å².